The molecule has 0 aliphatic heterocycles. The maximum absolute atomic E-state index is 10.5. The van der Waals surface area contributed by atoms with Gasteiger partial charge in [0.15, 0.2) is 0 Å². The molecule has 0 unspecified atom stereocenters. The summed E-state index contributed by atoms with van der Waals surface area (Å²) in [6.45, 7) is 0. The highest BCUT2D eigenvalue weighted by Gasteiger charge is 1.94. The van der Waals surface area contributed by atoms with Gasteiger partial charge >= 0.3 is 0 Å². The van der Waals surface area contributed by atoms with Crippen molar-refractivity contribution in [1.29, 1.82) is 0 Å². The van der Waals surface area contributed by atoms with Crippen molar-refractivity contribution in [3.8, 4) is 0 Å². The summed E-state index contributed by atoms with van der Waals surface area (Å²) in [5.74, 6) is -0.692. The molecule has 1 aromatic heterocycles. The maximum atomic E-state index is 10.5. The number of nitrogens with zero attached hydrogens (tertiary/aromatic N) is 1. The first kappa shape index (κ1) is 3.61. The van der Waals surface area contributed by atoms with E-state index in [1.165, 1.54) is 12.1 Å². The number of hydrogen-bond donors (Lipinski definition) is 1. The predicted molar refractivity (Wildman–Crippen MR) is 32.8 cm³/mol. The number of primary amides is 1. The van der Waals surface area contributed by atoms with Crippen LogP contribution in [-0.2, 0) is 0 Å². The standard InChI is InChI=1S/C6H6N2O/c7-6(9)5-2-1-3-8-4-5/h1-4H,(H2,7,9)/i3D,4D. The minimum Gasteiger partial charge on any atom is -0.366 e. The van der Waals surface area contributed by atoms with Gasteiger partial charge in [-0.25, -0.2) is 0 Å². The van der Waals surface area contributed by atoms with Crippen LogP contribution in [0.2, 0.25) is 0 Å². The van der Waals surface area contributed by atoms with Gasteiger partial charge in [0.05, 0.1) is 8.30 Å². The number of carbonyl (C=O) groups is 1. The van der Waals surface area contributed by atoms with E-state index in [-0.39, 0.29) is 17.9 Å². The fourth-order valence-electron chi connectivity index (χ4n) is 0.425. The summed E-state index contributed by atoms with van der Waals surface area (Å²) < 4.78 is 14.1. The summed E-state index contributed by atoms with van der Waals surface area (Å²) in [6.07, 6.45) is -0.287. The predicted octanol–water partition coefficient (Wildman–Crippen LogP) is 0.181. The molecule has 1 heterocycles. The minimum atomic E-state index is -0.692. The Kier molecular flexibility index (Phi) is 0.906. The number of hydrogen-bond acceptors (Lipinski definition) is 2. The molecule has 0 atom stereocenters. The first-order valence-electron chi connectivity index (χ1n) is 3.35. The highest BCUT2D eigenvalue weighted by Crippen LogP contribution is 1.91. The lowest BCUT2D eigenvalue weighted by Gasteiger charge is -1.88. The number of amides is 1. The number of pyridine rings is 1. The summed E-state index contributed by atoms with van der Waals surface area (Å²) in [5.41, 5.74) is 4.95. The highest BCUT2D eigenvalue weighted by molar-refractivity contribution is 5.92. The number of nitrogens with two attached hydrogens (primary N) is 1. The molecule has 3 heteroatoms. The van der Waals surface area contributed by atoms with Crippen molar-refractivity contribution in [3.05, 3.63) is 30.0 Å². The van der Waals surface area contributed by atoms with E-state index in [0.29, 0.717) is 0 Å². The van der Waals surface area contributed by atoms with Gasteiger partial charge in [-0.05, 0) is 12.1 Å². The molecule has 0 radical (unpaired) electrons. The van der Waals surface area contributed by atoms with Crippen LogP contribution in [0.4, 0.5) is 0 Å². The van der Waals surface area contributed by atoms with Crippen LogP contribution in [0, 0.1) is 0 Å². The zero-order valence-electron chi connectivity index (χ0n) is 6.59. The van der Waals surface area contributed by atoms with Crippen LogP contribution in [0.15, 0.2) is 24.5 Å². The largest absolute Gasteiger partial charge is 0.366 e. The van der Waals surface area contributed by atoms with E-state index < -0.39 is 5.91 Å². The molecule has 1 aromatic rings. The summed E-state index contributed by atoms with van der Waals surface area (Å²) in [7, 11) is 0. The van der Waals surface area contributed by atoms with Crippen molar-refractivity contribution in [2.24, 2.45) is 5.73 Å². The van der Waals surface area contributed by atoms with Crippen molar-refractivity contribution in [1.82, 2.24) is 4.98 Å². The zero-order chi connectivity index (χ0) is 8.43. The van der Waals surface area contributed by atoms with Gasteiger partial charge < -0.3 is 5.73 Å². The van der Waals surface area contributed by atoms with Gasteiger partial charge in [0.1, 0.15) is 0 Å². The average molecular weight is 124 g/mol. The van der Waals surface area contributed by atoms with Crippen molar-refractivity contribution in [2.75, 3.05) is 0 Å². The molecule has 2 N–H and O–H groups in total. The molecule has 0 aromatic carbocycles. The monoisotopic (exact) mass is 124 g/mol. The third-order valence-corrected chi connectivity index (χ3v) is 0.831. The lowest BCUT2D eigenvalue weighted by Crippen LogP contribution is -2.10. The van der Waals surface area contributed by atoms with E-state index in [0.717, 1.165) is 0 Å². The number of aromatic nitrogens is 1. The molecule has 9 heavy (non-hydrogen) atoms. The fraction of sp³-hybridized carbons (Fsp3) is 0. The molecule has 0 aliphatic carbocycles. The molecule has 0 fully saturated rings. The third-order valence-electron chi connectivity index (χ3n) is 0.831. The van der Waals surface area contributed by atoms with Gasteiger partial charge in [-0.1, -0.05) is 0 Å². The number of carbonyl (C=O) groups excluding carboxylic acids is 1. The van der Waals surface area contributed by atoms with E-state index in [1.54, 1.807) is 0 Å². The van der Waals surface area contributed by atoms with Gasteiger partial charge in [0, 0.05) is 12.3 Å². The Hall–Kier alpha value is -1.38. The van der Waals surface area contributed by atoms with Crippen LogP contribution in [0.25, 0.3) is 0 Å². The summed E-state index contributed by atoms with van der Waals surface area (Å²) in [5, 5.41) is 0. The number of rotatable bonds is 1. The van der Waals surface area contributed by atoms with Gasteiger partial charge in [-0.3, -0.25) is 9.78 Å². The Morgan fingerprint density at radius 3 is 3.22 bits per heavy atom. The van der Waals surface area contributed by atoms with Crippen molar-refractivity contribution in [3.63, 3.8) is 0 Å². The topological polar surface area (TPSA) is 56.0 Å². The normalized spacial score (nSPS) is 12.0. The molecule has 1 amide bonds. The Bertz CT molecular complexity index is 301. The molecule has 3 nitrogen and oxygen atoms in total. The molecule has 0 aliphatic rings. The second-order valence-electron chi connectivity index (χ2n) is 1.46. The average Bonchev–Trinajstić information content (AvgIpc) is 1.85. The Morgan fingerprint density at radius 1 is 1.89 bits per heavy atom. The molecular formula is C6H6N2O. The first-order valence-corrected chi connectivity index (χ1v) is 2.35. The minimum absolute atomic E-state index is 0.0417. The smallest absolute Gasteiger partial charge is 0.250 e. The van der Waals surface area contributed by atoms with Gasteiger partial charge in [0.2, 0.25) is 5.91 Å². The SMILES string of the molecule is [2H]c1ccc(C(N)=O)c([2H])n1. The van der Waals surface area contributed by atoms with Gasteiger partial charge in [0.25, 0.3) is 0 Å². The van der Waals surface area contributed by atoms with Crippen LogP contribution < -0.4 is 5.73 Å². The molecule has 1 rings (SSSR count). The van der Waals surface area contributed by atoms with E-state index in [9.17, 15) is 4.79 Å². The van der Waals surface area contributed by atoms with Crippen LogP contribution in [-0.4, -0.2) is 10.9 Å². The van der Waals surface area contributed by atoms with Crippen LogP contribution in [0.1, 0.15) is 13.1 Å². The Labute approximate surface area is 55.3 Å². The van der Waals surface area contributed by atoms with Gasteiger partial charge in [-0.15, -0.1) is 0 Å². The van der Waals surface area contributed by atoms with Crippen molar-refractivity contribution in [2.45, 2.75) is 0 Å². The maximum Gasteiger partial charge on any atom is 0.250 e. The van der Waals surface area contributed by atoms with Crippen LogP contribution >= 0.6 is 0 Å². The van der Waals surface area contributed by atoms with Crippen LogP contribution in [0.5, 0.6) is 0 Å². The molecule has 0 bridgehead atoms. The summed E-state index contributed by atoms with van der Waals surface area (Å²) in [6, 6.07) is 2.64. The fourth-order valence-corrected chi connectivity index (χ4v) is 0.425. The Balaban J connectivity index is 3.20. The lowest BCUT2D eigenvalue weighted by molar-refractivity contribution is 0.1000. The lowest BCUT2D eigenvalue weighted by atomic mass is 10.3. The molecule has 46 valence electrons. The van der Waals surface area contributed by atoms with E-state index in [1.807, 2.05) is 0 Å². The highest BCUT2D eigenvalue weighted by atomic mass is 16.1. The second kappa shape index (κ2) is 2.26. The second-order valence-corrected chi connectivity index (χ2v) is 1.46. The van der Waals surface area contributed by atoms with E-state index >= 15 is 0 Å². The van der Waals surface area contributed by atoms with Crippen LogP contribution in [0.3, 0.4) is 0 Å². The summed E-state index contributed by atoms with van der Waals surface area (Å²) in [4.78, 5) is 14.0. The first-order chi connectivity index (χ1) is 5.11. The molecule has 0 saturated carbocycles. The van der Waals surface area contributed by atoms with E-state index in [2.05, 4.69) is 4.98 Å². The summed E-state index contributed by atoms with van der Waals surface area (Å²) >= 11 is 0. The van der Waals surface area contributed by atoms with E-state index in [4.69, 9.17) is 8.48 Å². The molecule has 0 saturated heterocycles. The quantitative estimate of drug-likeness (QED) is 0.580. The van der Waals surface area contributed by atoms with Crippen molar-refractivity contribution < 1.29 is 7.54 Å². The molecular weight excluding hydrogens is 116 g/mol. The van der Waals surface area contributed by atoms with Crippen molar-refractivity contribution >= 4 is 5.91 Å². The molecule has 0 spiro atoms. The third kappa shape index (κ3) is 1.25. The zero-order valence-corrected chi connectivity index (χ0v) is 4.59. The Morgan fingerprint density at radius 2 is 2.67 bits per heavy atom. The van der Waals surface area contributed by atoms with Gasteiger partial charge in [-0.2, -0.15) is 0 Å².